The third-order valence-corrected chi connectivity index (χ3v) is 4.90. The Balaban J connectivity index is 1.97. The van der Waals surface area contributed by atoms with Crippen LogP contribution in [0.5, 0.6) is 0 Å². The monoisotopic (exact) mass is 278 g/mol. The second-order valence-corrected chi connectivity index (χ2v) is 6.09. The molecule has 3 atom stereocenters. The molecule has 2 fully saturated rings. The van der Waals surface area contributed by atoms with Gasteiger partial charge in [0.05, 0.1) is 7.11 Å². The highest BCUT2D eigenvalue weighted by atomic mass is 32.1. The van der Waals surface area contributed by atoms with Crippen molar-refractivity contribution in [1.82, 2.24) is 9.97 Å². The molecule has 2 bridgehead atoms. The van der Waals surface area contributed by atoms with E-state index in [4.69, 9.17) is 17.0 Å². The average molecular weight is 278 g/mol. The minimum Gasteiger partial charge on any atom is -0.465 e. The molecule has 1 aromatic heterocycles. The number of esters is 1. The fraction of sp³-hybridized carbons (Fsp3) is 0.643. The second-order valence-electron chi connectivity index (χ2n) is 5.70. The van der Waals surface area contributed by atoms with Gasteiger partial charge in [0.2, 0.25) is 0 Å². The van der Waals surface area contributed by atoms with Crippen LogP contribution in [0.2, 0.25) is 0 Å². The summed E-state index contributed by atoms with van der Waals surface area (Å²) in [5, 5.41) is 0. The van der Waals surface area contributed by atoms with E-state index in [9.17, 15) is 4.79 Å². The van der Waals surface area contributed by atoms with Gasteiger partial charge in [-0.1, -0.05) is 18.6 Å². The number of carbonyl (C=O) groups excluding carboxylic acids is 1. The van der Waals surface area contributed by atoms with E-state index in [0.717, 1.165) is 23.4 Å². The number of nitrogens with one attached hydrogen (secondary N) is 1. The van der Waals surface area contributed by atoms with Crippen molar-refractivity contribution >= 4 is 18.2 Å². The number of methoxy groups -OCH3 is 1. The summed E-state index contributed by atoms with van der Waals surface area (Å²) < 4.78 is 5.11. The van der Waals surface area contributed by atoms with Crippen LogP contribution in [0.15, 0.2) is 0 Å². The van der Waals surface area contributed by atoms with Gasteiger partial charge in [-0.2, -0.15) is 0 Å². The molecule has 3 unspecified atom stereocenters. The normalized spacial score (nSPS) is 28.6. The first kappa shape index (κ1) is 12.8. The van der Waals surface area contributed by atoms with E-state index in [1.165, 1.54) is 32.8 Å². The summed E-state index contributed by atoms with van der Waals surface area (Å²) >= 11 is 5.26. The first-order valence-electron chi connectivity index (χ1n) is 6.79. The zero-order valence-corrected chi connectivity index (χ0v) is 12.0. The van der Waals surface area contributed by atoms with E-state index in [0.29, 0.717) is 16.1 Å². The van der Waals surface area contributed by atoms with Crippen molar-refractivity contribution in [3.05, 3.63) is 21.7 Å². The maximum absolute atomic E-state index is 11.7. The smallest absolute Gasteiger partial charge is 0.342 e. The van der Waals surface area contributed by atoms with Crippen molar-refractivity contribution in [2.24, 2.45) is 11.8 Å². The van der Waals surface area contributed by atoms with Crippen LogP contribution in [0.3, 0.4) is 0 Å². The number of H-pyrrole nitrogens is 1. The first-order valence-corrected chi connectivity index (χ1v) is 7.20. The average Bonchev–Trinajstić information content (AvgIpc) is 2.99. The van der Waals surface area contributed by atoms with Crippen LogP contribution in [0.25, 0.3) is 0 Å². The molecule has 0 aliphatic heterocycles. The molecule has 0 aromatic carbocycles. The maximum atomic E-state index is 11.7. The molecule has 4 nitrogen and oxygen atoms in total. The minimum atomic E-state index is -0.411. The van der Waals surface area contributed by atoms with Crippen molar-refractivity contribution in [3.63, 3.8) is 0 Å². The van der Waals surface area contributed by atoms with Gasteiger partial charge in [0, 0.05) is 11.6 Å². The summed E-state index contributed by atoms with van der Waals surface area (Å²) in [6.07, 6.45) is 5.20. The zero-order valence-electron chi connectivity index (χ0n) is 11.2. The minimum absolute atomic E-state index is 0.362. The Labute approximate surface area is 117 Å². The highest BCUT2D eigenvalue weighted by Crippen LogP contribution is 2.52. The number of fused-ring (bicyclic) bond motifs is 2. The van der Waals surface area contributed by atoms with Crippen molar-refractivity contribution in [2.45, 2.75) is 38.5 Å². The Morgan fingerprint density at radius 3 is 2.74 bits per heavy atom. The van der Waals surface area contributed by atoms with Crippen LogP contribution in [-0.4, -0.2) is 23.0 Å². The molecule has 2 aliphatic carbocycles. The molecule has 1 aromatic rings. The number of aryl methyl sites for hydroxylation is 1. The quantitative estimate of drug-likeness (QED) is 0.667. The third-order valence-electron chi connectivity index (χ3n) is 4.61. The summed E-state index contributed by atoms with van der Waals surface area (Å²) in [4.78, 5) is 19.4. The molecule has 0 radical (unpaired) electrons. The van der Waals surface area contributed by atoms with Crippen LogP contribution in [0, 0.1) is 23.4 Å². The number of rotatable bonds is 2. The van der Waals surface area contributed by atoms with Gasteiger partial charge < -0.3 is 9.72 Å². The number of carbonyl (C=O) groups is 1. The lowest BCUT2D eigenvalue weighted by atomic mass is 9.88. The van der Waals surface area contributed by atoms with Crippen molar-refractivity contribution in [1.29, 1.82) is 0 Å². The molecule has 0 amide bonds. The van der Waals surface area contributed by atoms with Crippen LogP contribution in [-0.2, 0) is 4.74 Å². The Bertz CT molecular complexity index is 581. The van der Waals surface area contributed by atoms with Gasteiger partial charge in [0.15, 0.2) is 0 Å². The van der Waals surface area contributed by atoms with E-state index in [2.05, 4.69) is 9.97 Å². The van der Waals surface area contributed by atoms with E-state index in [-0.39, 0.29) is 0 Å². The summed E-state index contributed by atoms with van der Waals surface area (Å²) in [6.45, 7) is 1.86. The lowest BCUT2D eigenvalue weighted by Crippen LogP contribution is -2.16. The lowest BCUT2D eigenvalue weighted by molar-refractivity contribution is 0.0598. The molecule has 0 saturated heterocycles. The predicted molar refractivity (Wildman–Crippen MR) is 73.7 cm³/mol. The fourth-order valence-corrected chi connectivity index (χ4v) is 4.04. The van der Waals surface area contributed by atoms with Crippen molar-refractivity contribution < 1.29 is 9.53 Å². The molecule has 5 heteroatoms. The van der Waals surface area contributed by atoms with Crippen LogP contribution >= 0.6 is 12.2 Å². The van der Waals surface area contributed by atoms with Gasteiger partial charge in [-0.15, -0.1) is 0 Å². The molecule has 2 saturated carbocycles. The maximum Gasteiger partial charge on any atom is 0.342 e. The summed E-state index contributed by atoms with van der Waals surface area (Å²) in [5.41, 5.74) is 1.16. The molecule has 1 N–H and O–H groups in total. The number of ether oxygens (including phenoxy) is 1. The third kappa shape index (κ3) is 2.10. The molecule has 102 valence electrons. The highest BCUT2D eigenvalue weighted by Gasteiger charge is 2.41. The summed E-state index contributed by atoms with van der Waals surface area (Å²) in [5.74, 6) is 2.64. The van der Waals surface area contributed by atoms with Gasteiger partial charge >= 0.3 is 5.97 Å². The Morgan fingerprint density at radius 2 is 2.21 bits per heavy atom. The molecule has 2 aliphatic rings. The predicted octanol–water partition coefficient (Wildman–Crippen LogP) is 3.14. The van der Waals surface area contributed by atoms with Gasteiger partial charge in [-0.25, -0.2) is 9.78 Å². The van der Waals surface area contributed by atoms with Gasteiger partial charge in [0.1, 0.15) is 16.0 Å². The van der Waals surface area contributed by atoms with Crippen LogP contribution in [0.1, 0.15) is 53.5 Å². The second kappa shape index (κ2) is 4.71. The van der Waals surface area contributed by atoms with Crippen molar-refractivity contribution in [3.8, 4) is 0 Å². The largest absolute Gasteiger partial charge is 0.465 e. The number of aromatic amines is 1. The Morgan fingerprint density at radius 1 is 1.42 bits per heavy atom. The summed E-state index contributed by atoms with van der Waals surface area (Å²) in [6, 6.07) is 0. The van der Waals surface area contributed by atoms with Crippen molar-refractivity contribution in [2.75, 3.05) is 7.11 Å². The topological polar surface area (TPSA) is 55.0 Å². The van der Waals surface area contributed by atoms with Gasteiger partial charge in [-0.3, -0.25) is 0 Å². The van der Waals surface area contributed by atoms with Crippen LogP contribution in [0.4, 0.5) is 0 Å². The zero-order chi connectivity index (χ0) is 13.6. The lowest BCUT2D eigenvalue weighted by Gasteiger charge is -2.21. The molecule has 3 rings (SSSR count). The Kier molecular flexibility index (Phi) is 3.17. The SMILES string of the molecule is COC(=O)c1c(C)[nH]c(C2CC3CCC2C3)nc1=S. The standard InChI is InChI=1S/C14H18N2O2S/c1-7-11(14(17)18-2)13(19)16-12(15-7)10-6-8-3-4-9(10)5-8/h8-10H,3-6H2,1-2H3,(H,15,16,19). The molecule has 0 spiro atoms. The molecular formula is C14H18N2O2S. The molecule has 19 heavy (non-hydrogen) atoms. The van der Waals surface area contributed by atoms with Gasteiger partial charge in [-0.05, 0) is 38.0 Å². The van der Waals surface area contributed by atoms with E-state index in [1.54, 1.807) is 0 Å². The van der Waals surface area contributed by atoms with Crippen LogP contribution < -0.4 is 0 Å². The molecule has 1 heterocycles. The summed E-state index contributed by atoms with van der Waals surface area (Å²) in [7, 11) is 1.36. The Hall–Kier alpha value is -1.23. The van der Waals surface area contributed by atoms with Gasteiger partial charge in [0.25, 0.3) is 0 Å². The fourth-order valence-electron chi connectivity index (χ4n) is 3.71. The number of hydrogen-bond acceptors (Lipinski definition) is 4. The number of hydrogen-bond donors (Lipinski definition) is 1. The number of aromatic nitrogens is 2. The highest BCUT2D eigenvalue weighted by molar-refractivity contribution is 7.71. The molecular weight excluding hydrogens is 260 g/mol. The van der Waals surface area contributed by atoms with E-state index in [1.807, 2.05) is 6.92 Å². The van der Waals surface area contributed by atoms with E-state index >= 15 is 0 Å². The first-order chi connectivity index (χ1) is 9.10. The van der Waals surface area contributed by atoms with E-state index < -0.39 is 5.97 Å². The number of nitrogens with zero attached hydrogens (tertiary/aromatic N) is 1.